The Morgan fingerprint density at radius 1 is 1.59 bits per heavy atom. The monoisotopic (exact) mass is 253 g/mol. The van der Waals surface area contributed by atoms with Gasteiger partial charge in [-0.3, -0.25) is 5.43 Å². The van der Waals surface area contributed by atoms with E-state index in [1.165, 1.54) is 11.3 Å². The van der Waals surface area contributed by atoms with Crippen LogP contribution >= 0.6 is 11.3 Å². The Kier molecular flexibility index (Phi) is 4.49. The number of thiophene rings is 1. The van der Waals surface area contributed by atoms with Crippen molar-refractivity contribution in [3.63, 3.8) is 0 Å². The molecule has 0 radical (unpaired) electrons. The highest BCUT2D eigenvalue weighted by atomic mass is 32.1. The number of ether oxygens (including phenoxy) is 1. The summed E-state index contributed by atoms with van der Waals surface area (Å²) in [4.78, 5) is 12.2. The Morgan fingerprint density at radius 2 is 2.29 bits per heavy atom. The van der Waals surface area contributed by atoms with Crippen molar-refractivity contribution < 1.29 is 9.53 Å². The lowest BCUT2D eigenvalue weighted by Crippen LogP contribution is -2.40. The Bertz CT molecular complexity index is 429. The average molecular weight is 253 g/mol. The summed E-state index contributed by atoms with van der Waals surface area (Å²) in [7, 11) is 0. The van der Waals surface area contributed by atoms with Crippen LogP contribution in [0.5, 0.6) is 0 Å². The van der Waals surface area contributed by atoms with Gasteiger partial charge in [-0.25, -0.2) is 10.2 Å². The van der Waals surface area contributed by atoms with Gasteiger partial charge >= 0.3 is 6.09 Å². The first-order valence-electron chi connectivity index (χ1n) is 5.10. The predicted octanol–water partition coefficient (Wildman–Crippen LogP) is 2.15. The minimum absolute atomic E-state index is 0.464. The van der Waals surface area contributed by atoms with E-state index in [1.807, 2.05) is 6.07 Å². The van der Waals surface area contributed by atoms with Crippen LogP contribution in [0.2, 0.25) is 0 Å². The van der Waals surface area contributed by atoms with Crippen LogP contribution < -0.4 is 10.9 Å². The fourth-order valence-corrected chi connectivity index (χ4v) is 1.79. The van der Waals surface area contributed by atoms with E-state index in [1.54, 1.807) is 32.2 Å². The van der Waals surface area contributed by atoms with E-state index in [0.717, 1.165) is 4.88 Å². The summed E-state index contributed by atoms with van der Waals surface area (Å²) in [5.41, 5.74) is 5.28. The molecule has 0 fully saturated rings. The van der Waals surface area contributed by atoms with Crippen molar-refractivity contribution in [2.45, 2.75) is 32.9 Å². The van der Waals surface area contributed by atoms with Crippen LogP contribution in [0.4, 0.5) is 4.79 Å². The molecule has 5 nitrogen and oxygen atoms in total. The molecule has 0 aliphatic rings. The van der Waals surface area contributed by atoms with Crippen molar-refractivity contribution >= 4 is 17.4 Å². The third kappa shape index (κ3) is 5.33. The topological polar surface area (TPSA) is 74.2 Å². The number of nitrogens with one attached hydrogen (secondary N) is 2. The number of hydrogen-bond acceptors (Lipinski definition) is 5. The van der Waals surface area contributed by atoms with Gasteiger partial charge in [-0.2, -0.15) is 5.26 Å². The van der Waals surface area contributed by atoms with Crippen LogP contribution in [0.15, 0.2) is 11.4 Å². The van der Waals surface area contributed by atoms with Crippen molar-refractivity contribution in [3.8, 4) is 6.07 Å². The van der Waals surface area contributed by atoms with E-state index in [2.05, 4.69) is 10.9 Å². The quantitative estimate of drug-likeness (QED) is 0.809. The molecule has 0 aliphatic carbocycles. The number of hydrazine groups is 1. The molecule has 0 atom stereocenters. The second-order valence-electron chi connectivity index (χ2n) is 4.39. The maximum absolute atomic E-state index is 11.3. The normalized spacial score (nSPS) is 10.7. The fraction of sp³-hybridized carbons (Fsp3) is 0.455. The number of carbonyl (C=O) groups excluding carboxylic acids is 1. The SMILES string of the molecule is CC(C)(C)OC(=O)NNCc1cc(C#N)cs1. The van der Waals surface area contributed by atoms with E-state index in [9.17, 15) is 4.79 Å². The molecular weight excluding hydrogens is 238 g/mol. The van der Waals surface area contributed by atoms with Gasteiger partial charge in [0.15, 0.2) is 0 Å². The Balaban J connectivity index is 2.29. The van der Waals surface area contributed by atoms with E-state index in [0.29, 0.717) is 12.1 Å². The number of amides is 1. The third-order valence-corrected chi connectivity index (χ3v) is 2.57. The van der Waals surface area contributed by atoms with Gasteiger partial charge < -0.3 is 4.74 Å². The van der Waals surface area contributed by atoms with E-state index >= 15 is 0 Å². The van der Waals surface area contributed by atoms with E-state index in [-0.39, 0.29) is 0 Å². The molecule has 92 valence electrons. The highest BCUT2D eigenvalue weighted by Crippen LogP contribution is 2.13. The van der Waals surface area contributed by atoms with Gasteiger partial charge in [0.2, 0.25) is 0 Å². The van der Waals surface area contributed by atoms with Crippen LogP contribution in [0, 0.1) is 11.3 Å². The van der Waals surface area contributed by atoms with Crippen LogP contribution in [-0.2, 0) is 11.3 Å². The molecule has 2 N–H and O–H groups in total. The summed E-state index contributed by atoms with van der Waals surface area (Å²) in [6.45, 7) is 5.85. The highest BCUT2D eigenvalue weighted by Gasteiger charge is 2.15. The Hall–Kier alpha value is -1.58. The first-order valence-corrected chi connectivity index (χ1v) is 5.98. The molecule has 0 aromatic carbocycles. The summed E-state index contributed by atoms with van der Waals surface area (Å²) in [5, 5.41) is 10.4. The third-order valence-electron chi connectivity index (χ3n) is 1.63. The zero-order valence-electron chi connectivity index (χ0n) is 10.0. The van der Waals surface area contributed by atoms with Crippen LogP contribution in [0.3, 0.4) is 0 Å². The highest BCUT2D eigenvalue weighted by molar-refractivity contribution is 7.10. The summed E-state index contributed by atoms with van der Waals surface area (Å²) >= 11 is 1.46. The predicted molar refractivity (Wildman–Crippen MR) is 65.2 cm³/mol. The van der Waals surface area contributed by atoms with Gasteiger partial charge in [0, 0.05) is 16.8 Å². The summed E-state index contributed by atoms with van der Waals surface area (Å²) in [5.74, 6) is 0. The summed E-state index contributed by atoms with van der Waals surface area (Å²) in [6.07, 6.45) is -0.519. The van der Waals surface area contributed by atoms with Crippen molar-refractivity contribution in [1.82, 2.24) is 10.9 Å². The molecule has 1 rings (SSSR count). The van der Waals surface area contributed by atoms with Crippen molar-refractivity contribution in [2.75, 3.05) is 0 Å². The Labute approximate surface area is 104 Å². The maximum atomic E-state index is 11.3. The molecule has 0 unspecified atom stereocenters. The van der Waals surface area contributed by atoms with Gasteiger partial charge in [-0.15, -0.1) is 11.3 Å². The zero-order chi connectivity index (χ0) is 12.9. The molecule has 1 heterocycles. The first-order chi connectivity index (χ1) is 7.90. The van der Waals surface area contributed by atoms with Crippen LogP contribution in [-0.4, -0.2) is 11.7 Å². The molecule has 0 spiro atoms. The number of hydrogen-bond donors (Lipinski definition) is 2. The molecule has 1 aromatic heterocycles. The first kappa shape index (κ1) is 13.5. The van der Waals surface area contributed by atoms with Crippen molar-refractivity contribution in [1.29, 1.82) is 5.26 Å². The van der Waals surface area contributed by atoms with E-state index in [4.69, 9.17) is 10.00 Å². The molecule has 1 amide bonds. The molecule has 17 heavy (non-hydrogen) atoms. The lowest BCUT2D eigenvalue weighted by atomic mass is 10.2. The number of nitrogens with zero attached hydrogens (tertiary/aromatic N) is 1. The number of nitriles is 1. The second kappa shape index (κ2) is 5.66. The summed E-state index contributed by atoms with van der Waals surface area (Å²) < 4.78 is 5.04. The van der Waals surface area contributed by atoms with Gasteiger partial charge in [-0.1, -0.05) is 0 Å². The van der Waals surface area contributed by atoms with Crippen LogP contribution in [0.1, 0.15) is 31.2 Å². The maximum Gasteiger partial charge on any atom is 0.422 e. The molecule has 0 saturated heterocycles. The molecule has 0 aliphatic heterocycles. The van der Waals surface area contributed by atoms with Gasteiger partial charge in [0.25, 0.3) is 0 Å². The second-order valence-corrected chi connectivity index (χ2v) is 5.39. The molecular formula is C11H15N3O2S. The van der Waals surface area contributed by atoms with Gasteiger partial charge in [0.05, 0.1) is 5.56 Å². The zero-order valence-corrected chi connectivity index (χ0v) is 10.9. The number of carbonyl (C=O) groups is 1. The smallest absolute Gasteiger partial charge is 0.422 e. The van der Waals surface area contributed by atoms with Gasteiger partial charge in [0.1, 0.15) is 11.7 Å². The van der Waals surface area contributed by atoms with Crippen LogP contribution in [0.25, 0.3) is 0 Å². The molecule has 6 heteroatoms. The lowest BCUT2D eigenvalue weighted by molar-refractivity contribution is 0.0497. The van der Waals surface area contributed by atoms with Gasteiger partial charge in [-0.05, 0) is 26.8 Å². The largest absolute Gasteiger partial charge is 0.443 e. The van der Waals surface area contributed by atoms with Crippen molar-refractivity contribution in [2.24, 2.45) is 0 Å². The molecule has 1 aromatic rings. The molecule has 0 bridgehead atoms. The number of rotatable bonds is 3. The van der Waals surface area contributed by atoms with E-state index < -0.39 is 11.7 Å². The lowest BCUT2D eigenvalue weighted by Gasteiger charge is -2.19. The minimum atomic E-state index is -0.519. The molecule has 0 saturated carbocycles. The minimum Gasteiger partial charge on any atom is -0.443 e. The fourth-order valence-electron chi connectivity index (χ4n) is 1.04. The Morgan fingerprint density at radius 3 is 2.82 bits per heavy atom. The standard InChI is InChI=1S/C11H15N3O2S/c1-11(2,3)16-10(15)14-13-6-9-4-8(5-12)7-17-9/h4,7,13H,6H2,1-3H3,(H,14,15). The average Bonchev–Trinajstić information content (AvgIpc) is 2.63. The summed E-state index contributed by atoms with van der Waals surface area (Å²) in [6, 6.07) is 3.82. The van der Waals surface area contributed by atoms with Crippen molar-refractivity contribution in [3.05, 3.63) is 21.9 Å².